The fourth-order valence-corrected chi connectivity index (χ4v) is 2.94. The summed E-state index contributed by atoms with van der Waals surface area (Å²) in [5.74, 6) is -0.169. The number of likely N-dealkylation sites (tertiary alicyclic amines) is 1. The molecule has 0 unspecified atom stereocenters. The minimum atomic E-state index is -4.38. The maximum absolute atomic E-state index is 12.8. The summed E-state index contributed by atoms with van der Waals surface area (Å²) in [5.41, 5.74) is -0.0200. The van der Waals surface area contributed by atoms with Crippen LogP contribution in [0.15, 0.2) is 30.5 Å². The molecule has 0 atom stereocenters. The van der Waals surface area contributed by atoms with Crippen LogP contribution in [0.3, 0.4) is 0 Å². The average Bonchev–Trinajstić information content (AvgIpc) is 2.87. The number of carbonyl (C=O) groups excluding carboxylic acids is 1. The van der Waals surface area contributed by atoms with Crippen molar-refractivity contribution in [3.8, 4) is 0 Å². The normalized spacial score (nSPS) is 15.9. The monoisotopic (exact) mass is 352 g/mol. The molecular formula is C17H19F3N4O. The van der Waals surface area contributed by atoms with E-state index >= 15 is 0 Å². The van der Waals surface area contributed by atoms with Crippen molar-refractivity contribution in [1.82, 2.24) is 19.9 Å². The Kier molecular flexibility index (Phi) is 5.06. The number of rotatable bonds is 3. The van der Waals surface area contributed by atoms with Crippen LogP contribution >= 0.6 is 0 Å². The first-order valence-corrected chi connectivity index (χ1v) is 8.29. The molecule has 8 heteroatoms. The molecule has 1 aromatic heterocycles. The number of benzene rings is 1. The lowest BCUT2D eigenvalue weighted by atomic mass is 10.1. The molecule has 2 heterocycles. The molecule has 0 saturated carbocycles. The Labute approximate surface area is 143 Å². The lowest BCUT2D eigenvalue weighted by molar-refractivity contribution is -0.137. The second kappa shape index (κ2) is 7.25. The van der Waals surface area contributed by atoms with Crippen LogP contribution in [0.4, 0.5) is 13.2 Å². The molecule has 2 aromatic rings. The van der Waals surface area contributed by atoms with Gasteiger partial charge in [-0.3, -0.25) is 4.79 Å². The van der Waals surface area contributed by atoms with Gasteiger partial charge in [0.1, 0.15) is 0 Å². The highest BCUT2D eigenvalue weighted by molar-refractivity contribution is 5.91. The number of hydrogen-bond donors (Lipinski definition) is 0. The van der Waals surface area contributed by atoms with Crippen molar-refractivity contribution >= 4 is 5.91 Å². The molecule has 0 bridgehead atoms. The summed E-state index contributed by atoms with van der Waals surface area (Å²) in [5, 5.41) is 7.77. The van der Waals surface area contributed by atoms with Gasteiger partial charge < -0.3 is 4.90 Å². The van der Waals surface area contributed by atoms with E-state index in [1.54, 1.807) is 11.0 Å². The van der Waals surface area contributed by atoms with Crippen LogP contribution in [0.5, 0.6) is 0 Å². The maximum Gasteiger partial charge on any atom is 0.416 e. The maximum atomic E-state index is 12.8. The fraction of sp³-hybridized carbons (Fsp3) is 0.471. The quantitative estimate of drug-likeness (QED) is 0.851. The van der Waals surface area contributed by atoms with Gasteiger partial charge in [-0.05, 0) is 30.5 Å². The summed E-state index contributed by atoms with van der Waals surface area (Å²) in [6, 6.07) is 5.06. The number of amides is 1. The van der Waals surface area contributed by atoms with Crippen molar-refractivity contribution in [2.24, 2.45) is 0 Å². The van der Waals surface area contributed by atoms with E-state index in [0.29, 0.717) is 18.7 Å². The van der Waals surface area contributed by atoms with E-state index in [-0.39, 0.29) is 18.1 Å². The van der Waals surface area contributed by atoms with Gasteiger partial charge in [0.15, 0.2) is 5.69 Å². The topological polar surface area (TPSA) is 51.0 Å². The zero-order valence-electron chi connectivity index (χ0n) is 13.7. The van der Waals surface area contributed by atoms with Crippen molar-refractivity contribution in [3.63, 3.8) is 0 Å². The minimum absolute atomic E-state index is 0.129. The highest BCUT2D eigenvalue weighted by atomic mass is 19.4. The molecule has 1 amide bonds. The molecule has 25 heavy (non-hydrogen) atoms. The second-order valence-corrected chi connectivity index (χ2v) is 6.21. The molecule has 0 N–H and O–H groups in total. The van der Waals surface area contributed by atoms with Gasteiger partial charge in [0, 0.05) is 13.1 Å². The third kappa shape index (κ3) is 4.37. The van der Waals surface area contributed by atoms with E-state index in [9.17, 15) is 18.0 Å². The largest absolute Gasteiger partial charge is 0.416 e. The van der Waals surface area contributed by atoms with Gasteiger partial charge in [-0.2, -0.15) is 13.2 Å². The molecular weight excluding hydrogens is 333 g/mol. The van der Waals surface area contributed by atoms with Crippen LogP contribution in [-0.2, 0) is 12.7 Å². The Morgan fingerprint density at radius 3 is 2.52 bits per heavy atom. The highest BCUT2D eigenvalue weighted by Crippen LogP contribution is 2.29. The predicted octanol–water partition coefficient (Wildman–Crippen LogP) is 3.36. The third-order valence-electron chi connectivity index (χ3n) is 4.25. The molecule has 0 aliphatic carbocycles. The first-order valence-electron chi connectivity index (χ1n) is 8.29. The standard InChI is InChI=1S/C17H19F3N4O/c18-17(19,20)14-7-5-6-13(10-14)11-24-12-15(21-22-24)16(25)23-8-3-1-2-4-9-23/h5-7,10,12H,1-4,8-9,11H2. The van der Waals surface area contributed by atoms with Gasteiger partial charge in [0.05, 0.1) is 18.3 Å². The molecule has 1 saturated heterocycles. The Morgan fingerprint density at radius 2 is 1.84 bits per heavy atom. The van der Waals surface area contributed by atoms with Gasteiger partial charge in [-0.1, -0.05) is 30.2 Å². The van der Waals surface area contributed by atoms with Crippen LogP contribution in [0.25, 0.3) is 0 Å². The van der Waals surface area contributed by atoms with E-state index in [0.717, 1.165) is 37.8 Å². The van der Waals surface area contributed by atoms with Crippen molar-refractivity contribution in [2.45, 2.75) is 38.4 Å². The van der Waals surface area contributed by atoms with Crippen molar-refractivity contribution < 1.29 is 18.0 Å². The summed E-state index contributed by atoms with van der Waals surface area (Å²) < 4.78 is 39.7. The van der Waals surface area contributed by atoms with Crippen molar-refractivity contribution in [2.75, 3.05) is 13.1 Å². The summed E-state index contributed by atoms with van der Waals surface area (Å²) in [4.78, 5) is 14.2. The van der Waals surface area contributed by atoms with E-state index in [1.807, 2.05) is 0 Å². The van der Waals surface area contributed by atoms with Crippen LogP contribution in [-0.4, -0.2) is 38.9 Å². The van der Waals surface area contributed by atoms with Gasteiger partial charge in [0.25, 0.3) is 5.91 Å². The van der Waals surface area contributed by atoms with E-state index in [1.165, 1.54) is 16.9 Å². The zero-order valence-corrected chi connectivity index (χ0v) is 13.7. The first kappa shape index (κ1) is 17.4. The molecule has 1 aliphatic heterocycles. The lowest BCUT2D eigenvalue weighted by Gasteiger charge is -2.18. The summed E-state index contributed by atoms with van der Waals surface area (Å²) >= 11 is 0. The molecule has 3 rings (SSSR count). The Bertz CT molecular complexity index is 733. The number of halogens is 3. The molecule has 1 aliphatic rings. The predicted molar refractivity (Wildman–Crippen MR) is 84.9 cm³/mol. The molecule has 0 spiro atoms. The van der Waals surface area contributed by atoms with Crippen LogP contribution in [0.1, 0.15) is 47.3 Å². The van der Waals surface area contributed by atoms with Gasteiger partial charge >= 0.3 is 6.18 Å². The number of nitrogens with zero attached hydrogens (tertiary/aromatic N) is 4. The van der Waals surface area contributed by atoms with Crippen LogP contribution in [0, 0.1) is 0 Å². The number of aromatic nitrogens is 3. The average molecular weight is 352 g/mol. The second-order valence-electron chi connectivity index (χ2n) is 6.21. The molecule has 5 nitrogen and oxygen atoms in total. The van der Waals surface area contributed by atoms with E-state index in [4.69, 9.17) is 0 Å². The minimum Gasteiger partial charge on any atom is -0.337 e. The summed E-state index contributed by atoms with van der Waals surface area (Å²) in [6.07, 6.45) is 1.30. The molecule has 1 aromatic carbocycles. The van der Waals surface area contributed by atoms with Crippen molar-refractivity contribution in [3.05, 3.63) is 47.3 Å². The SMILES string of the molecule is O=C(c1cn(Cc2cccc(C(F)(F)F)c2)nn1)N1CCCCCC1. The highest BCUT2D eigenvalue weighted by Gasteiger charge is 2.30. The number of hydrogen-bond acceptors (Lipinski definition) is 3. The number of alkyl halides is 3. The summed E-state index contributed by atoms with van der Waals surface area (Å²) in [7, 11) is 0. The van der Waals surface area contributed by atoms with E-state index in [2.05, 4.69) is 10.3 Å². The zero-order chi connectivity index (χ0) is 17.9. The Morgan fingerprint density at radius 1 is 1.12 bits per heavy atom. The number of carbonyl (C=O) groups is 1. The Hall–Kier alpha value is -2.38. The van der Waals surface area contributed by atoms with Crippen LogP contribution < -0.4 is 0 Å². The first-order chi connectivity index (χ1) is 11.9. The van der Waals surface area contributed by atoms with Gasteiger partial charge in [-0.15, -0.1) is 5.10 Å². The smallest absolute Gasteiger partial charge is 0.337 e. The molecule has 1 fully saturated rings. The molecule has 134 valence electrons. The Balaban J connectivity index is 1.70. The fourth-order valence-electron chi connectivity index (χ4n) is 2.94. The summed E-state index contributed by atoms with van der Waals surface area (Å²) in [6.45, 7) is 1.54. The van der Waals surface area contributed by atoms with Crippen LogP contribution in [0.2, 0.25) is 0 Å². The van der Waals surface area contributed by atoms with Gasteiger partial charge in [-0.25, -0.2) is 4.68 Å². The van der Waals surface area contributed by atoms with Gasteiger partial charge in [0.2, 0.25) is 0 Å². The van der Waals surface area contributed by atoms with E-state index < -0.39 is 11.7 Å². The molecule has 0 radical (unpaired) electrons. The third-order valence-corrected chi connectivity index (χ3v) is 4.25. The lowest BCUT2D eigenvalue weighted by Crippen LogP contribution is -2.32. The van der Waals surface area contributed by atoms with Crippen molar-refractivity contribution in [1.29, 1.82) is 0 Å².